The monoisotopic (exact) mass is 321 g/mol. The van der Waals surface area contributed by atoms with E-state index in [0.717, 1.165) is 31.9 Å². The van der Waals surface area contributed by atoms with Crippen molar-refractivity contribution in [1.82, 2.24) is 14.9 Å². The minimum atomic E-state index is 0.650. The zero-order valence-corrected chi connectivity index (χ0v) is 13.9. The van der Waals surface area contributed by atoms with Crippen LogP contribution in [0, 0.1) is 0 Å². The summed E-state index contributed by atoms with van der Waals surface area (Å²) in [4.78, 5) is 13.4. The van der Waals surface area contributed by atoms with Crippen LogP contribution < -0.4 is 0 Å². The molecule has 1 aliphatic heterocycles. The van der Waals surface area contributed by atoms with E-state index in [1.165, 1.54) is 39.1 Å². The van der Waals surface area contributed by atoms with Gasteiger partial charge in [0.25, 0.3) is 0 Å². The Morgan fingerprint density at radius 1 is 1.22 bits per heavy atom. The van der Waals surface area contributed by atoms with Crippen LogP contribution in [0.4, 0.5) is 0 Å². The lowest BCUT2D eigenvalue weighted by molar-refractivity contribution is 0.244. The molecule has 4 heteroatoms. The first-order valence-electron chi connectivity index (χ1n) is 8.40. The van der Waals surface area contributed by atoms with Crippen LogP contribution in [0.25, 0.3) is 10.1 Å². The van der Waals surface area contributed by atoms with Crippen molar-refractivity contribution in [2.75, 3.05) is 6.54 Å². The Morgan fingerprint density at radius 2 is 2.13 bits per heavy atom. The van der Waals surface area contributed by atoms with Crippen LogP contribution >= 0.6 is 11.3 Å². The van der Waals surface area contributed by atoms with Crippen molar-refractivity contribution in [3.05, 3.63) is 58.5 Å². The molecule has 0 radical (unpaired) electrons. The molecule has 0 spiro atoms. The van der Waals surface area contributed by atoms with Crippen molar-refractivity contribution in [3.63, 3.8) is 0 Å². The van der Waals surface area contributed by atoms with Gasteiger partial charge in [-0.1, -0.05) is 18.2 Å². The molecule has 0 atom stereocenters. The van der Waals surface area contributed by atoms with E-state index in [9.17, 15) is 0 Å². The molecule has 2 aliphatic rings. The lowest BCUT2D eigenvalue weighted by atomic mass is 10.1. The fourth-order valence-corrected chi connectivity index (χ4v) is 4.51. The molecule has 0 N–H and O–H groups in total. The number of nitrogens with zero attached hydrogens (tertiary/aromatic N) is 3. The van der Waals surface area contributed by atoms with Gasteiger partial charge in [0, 0.05) is 59.0 Å². The molecule has 0 amide bonds. The topological polar surface area (TPSA) is 29.0 Å². The average molecular weight is 321 g/mol. The quantitative estimate of drug-likeness (QED) is 0.726. The third-order valence-electron chi connectivity index (χ3n) is 4.83. The summed E-state index contributed by atoms with van der Waals surface area (Å²) in [5, 5.41) is 1.36. The number of aromatic nitrogens is 2. The van der Waals surface area contributed by atoms with Crippen molar-refractivity contribution in [3.8, 4) is 0 Å². The predicted octanol–water partition coefficient (Wildman–Crippen LogP) is 4.13. The number of fused-ring (bicyclic) bond motifs is 2. The summed E-state index contributed by atoms with van der Waals surface area (Å²) in [6.45, 7) is 3.11. The van der Waals surface area contributed by atoms with Crippen LogP contribution in [0.15, 0.2) is 36.5 Å². The van der Waals surface area contributed by atoms with E-state index in [1.807, 2.05) is 11.3 Å². The van der Waals surface area contributed by atoms with E-state index < -0.39 is 0 Å². The van der Waals surface area contributed by atoms with Crippen molar-refractivity contribution >= 4 is 21.4 Å². The number of hydrogen-bond donors (Lipinski definition) is 0. The van der Waals surface area contributed by atoms with E-state index in [-0.39, 0.29) is 0 Å². The Bertz CT molecular complexity index is 833. The standard InChI is InChI=1S/C19H19N3S/c1-2-4-18-14(3-1)9-16(23-18)12-22-8-7-17-15(11-22)10-20-19(21-17)13-5-6-13/h1-4,9-10,13H,5-8,11-12H2. The van der Waals surface area contributed by atoms with Gasteiger partial charge in [0.15, 0.2) is 0 Å². The summed E-state index contributed by atoms with van der Waals surface area (Å²) in [5.74, 6) is 1.73. The van der Waals surface area contributed by atoms with Crippen molar-refractivity contribution in [2.45, 2.75) is 38.3 Å². The number of thiophene rings is 1. The first kappa shape index (κ1) is 13.6. The van der Waals surface area contributed by atoms with E-state index in [2.05, 4.69) is 46.4 Å². The van der Waals surface area contributed by atoms with Gasteiger partial charge >= 0.3 is 0 Å². The van der Waals surface area contributed by atoms with E-state index in [4.69, 9.17) is 4.98 Å². The number of benzene rings is 1. The lowest BCUT2D eigenvalue weighted by Crippen LogP contribution is -2.30. The highest BCUT2D eigenvalue weighted by atomic mass is 32.1. The summed E-state index contributed by atoms with van der Waals surface area (Å²) in [7, 11) is 0. The third-order valence-corrected chi connectivity index (χ3v) is 5.93. The SMILES string of the molecule is c1ccc2sc(CN3CCc4nc(C5CC5)ncc4C3)cc2c1. The Morgan fingerprint density at radius 3 is 3.00 bits per heavy atom. The zero-order valence-electron chi connectivity index (χ0n) is 13.0. The molecule has 2 aromatic heterocycles. The molecular weight excluding hydrogens is 302 g/mol. The van der Waals surface area contributed by atoms with Gasteiger partial charge < -0.3 is 0 Å². The number of hydrogen-bond acceptors (Lipinski definition) is 4. The molecule has 0 unspecified atom stereocenters. The van der Waals surface area contributed by atoms with E-state index in [0.29, 0.717) is 5.92 Å². The second kappa shape index (κ2) is 5.39. The minimum absolute atomic E-state index is 0.650. The van der Waals surface area contributed by atoms with Crippen molar-refractivity contribution in [2.24, 2.45) is 0 Å². The first-order valence-corrected chi connectivity index (χ1v) is 9.21. The predicted molar refractivity (Wildman–Crippen MR) is 93.7 cm³/mol. The summed E-state index contributed by atoms with van der Waals surface area (Å²) in [6.07, 6.45) is 5.68. The summed E-state index contributed by atoms with van der Waals surface area (Å²) in [6, 6.07) is 11.0. The van der Waals surface area contributed by atoms with Crippen LogP contribution in [0.3, 0.4) is 0 Å². The van der Waals surface area contributed by atoms with Crippen molar-refractivity contribution < 1.29 is 0 Å². The molecule has 1 aliphatic carbocycles. The Balaban J connectivity index is 1.34. The lowest BCUT2D eigenvalue weighted by Gasteiger charge is -2.27. The largest absolute Gasteiger partial charge is 0.293 e. The molecular formula is C19H19N3S. The molecule has 1 fully saturated rings. The molecule has 5 rings (SSSR count). The fourth-order valence-electron chi connectivity index (χ4n) is 3.40. The summed E-state index contributed by atoms with van der Waals surface area (Å²) >= 11 is 1.91. The van der Waals surface area contributed by atoms with Gasteiger partial charge in [0.2, 0.25) is 0 Å². The molecule has 0 bridgehead atoms. The van der Waals surface area contributed by atoms with Gasteiger partial charge in [-0.3, -0.25) is 4.90 Å². The minimum Gasteiger partial charge on any atom is -0.293 e. The van der Waals surface area contributed by atoms with Crippen LogP contribution in [0.1, 0.15) is 40.7 Å². The van der Waals surface area contributed by atoms with E-state index >= 15 is 0 Å². The molecule has 3 heterocycles. The molecule has 0 saturated heterocycles. The first-order chi connectivity index (χ1) is 11.3. The maximum Gasteiger partial charge on any atom is 0.131 e. The number of rotatable bonds is 3. The molecule has 3 nitrogen and oxygen atoms in total. The van der Waals surface area contributed by atoms with Gasteiger partial charge in [-0.25, -0.2) is 9.97 Å². The van der Waals surface area contributed by atoms with Gasteiger partial charge in [-0.2, -0.15) is 0 Å². The van der Waals surface area contributed by atoms with Gasteiger partial charge in [0.1, 0.15) is 5.82 Å². The van der Waals surface area contributed by atoms with Crippen LogP contribution in [-0.2, 0) is 19.5 Å². The average Bonchev–Trinajstić information content (AvgIpc) is 3.34. The van der Waals surface area contributed by atoms with Gasteiger partial charge in [-0.15, -0.1) is 11.3 Å². The zero-order chi connectivity index (χ0) is 15.2. The van der Waals surface area contributed by atoms with Gasteiger partial charge in [0.05, 0.1) is 0 Å². The van der Waals surface area contributed by atoms with Crippen LogP contribution in [0.5, 0.6) is 0 Å². The highest BCUT2D eigenvalue weighted by molar-refractivity contribution is 7.19. The van der Waals surface area contributed by atoms with Crippen molar-refractivity contribution in [1.29, 1.82) is 0 Å². The maximum atomic E-state index is 4.82. The fraction of sp³-hybridized carbons (Fsp3) is 0.368. The second-order valence-electron chi connectivity index (χ2n) is 6.69. The third kappa shape index (κ3) is 2.66. The molecule has 3 aromatic rings. The Hall–Kier alpha value is -1.78. The molecule has 116 valence electrons. The van der Waals surface area contributed by atoms with Gasteiger partial charge in [-0.05, 0) is 30.4 Å². The van der Waals surface area contributed by atoms with Crippen LogP contribution in [0.2, 0.25) is 0 Å². The second-order valence-corrected chi connectivity index (χ2v) is 7.85. The summed E-state index contributed by atoms with van der Waals surface area (Å²) in [5.41, 5.74) is 2.61. The molecule has 23 heavy (non-hydrogen) atoms. The Labute approximate surface area is 140 Å². The van der Waals surface area contributed by atoms with Crippen LogP contribution in [-0.4, -0.2) is 21.4 Å². The maximum absolute atomic E-state index is 4.82. The molecule has 1 saturated carbocycles. The summed E-state index contributed by atoms with van der Waals surface area (Å²) < 4.78 is 1.39. The van der Waals surface area contributed by atoms with E-state index in [1.54, 1.807) is 0 Å². The molecule has 1 aromatic carbocycles. The highest BCUT2D eigenvalue weighted by Gasteiger charge is 2.28. The smallest absolute Gasteiger partial charge is 0.131 e. The normalized spacial score (nSPS) is 18.3. The Kier molecular flexibility index (Phi) is 3.20. The highest BCUT2D eigenvalue weighted by Crippen LogP contribution is 2.38.